The first-order valence-corrected chi connectivity index (χ1v) is 19.4. The Kier molecular flexibility index (Phi) is 8.70. The van der Waals surface area contributed by atoms with Crippen LogP contribution in [0.4, 0.5) is 4.79 Å². The van der Waals surface area contributed by atoms with Gasteiger partial charge < -0.3 is 20.3 Å². The van der Waals surface area contributed by atoms with E-state index in [9.17, 15) is 14.7 Å². The number of amides is 2. The number of aromatic nitrogens is 2. The number of benzene rings is 1. The number of imidazole rings is 1. The van der Waals surface area contributed by atoms with E-state index < -0.39 is 5.97 Å². The van der Waals surface area contributed by atoms with Crippen molar-refractivity contribution >= 4 is 17.6 Å². The molecule has 4 saturated carbocycles. The summed E-state index contributed by atoms with van der Waals surface area (Å²) in [5, 5.41) is 16.3. The molecule has 5 aliphatic rings. The average molecular weight is 681 g/mol. The van der Waals surface area contributed by atoms with Crippen molar-refractivity contribution in [2.45, 2.75) is 118 Å². The number of hydrogen-bond donors (Lipinski definition) is 3. The molecule has 2 aromatic rings. The number of rotatable bonds is 8. The van der Waals surface area contributed by atoms with E-state index in [2.05, 4.69) is 74.4 Å². The third kappa shape index (κ3) is 5.30. The zero-order valence-electron chi connectivity index (χ0n) is 31.4. The number of hydrogen-bond acceptors (Lipinski definition) is 3. The van der Waals surface area contributed by atoms with Crippen molar-refractivity contribution in [3.8, 4) is 0 Å². The summed E-state index contributed by atoms with van der Waals surface area (Å²) in [6.45, 7) is 21.1. The van der Waals surface area contributed by atoms with Gasteiger partial charge in [-0.1, -0.05) is 65.0 Å². The van der Waals surface area contributed by atoms with Crippen molar-refractivity contribution in [1.29, 1.82) is 0 Å². The molecule has 50 heavy (non-hydrogen) atoms. The molecular formula is C43H60N4O3. The zero-order valence-corrected chi connectivity index (χ0v) is 31.4. The first kappa shape index (κ1) is 35.1. The first-order valence-electron chi connectivity index (χ1n) is 19.4. The molecule has 9 atom stereocenters. The van der Waals surface area contributed by atoms with Crippen molar-refractivity contribution in [3.63, 3.8) is 0 Å². The Hall–Kier alpha value is -3.35. The van der Waals surface area contributed by atoms with Gasteiger partial charge in [-0.15, -0.1) is 0 Å². The van der Waals surface area contributed by atoms with E-state index in [0.29, 0.717) is 41.7 Å². The Morgan fingerprint density at radius 3 is 2.40 bits per heavy atom. The quantitative estimate of drug-likeness (QED) is 0.191. The van der Waals surface area contributed by atoms with E-state index in [4.69, 9.17) is 0 Å². The molecular weight excluding hydrogens is 620 g/mol. The van der Waals surface area contributed by atoms with Crippen LogP contribution in [0, 0.1) is 51.2 Å². The minimum Gasteiger partial charge on any atom is -0.478 e. The second-order valence-corrected chi connectivity index (χ2v) is 18.3. The van der Waals surface area contributed by atoms with Crippen LogP contribution in [0.5, 0.6) is 0 Å². The summed E-state index contributed by atoms with van der Waals surface area (Å²) in [5.74, 6) is 1.73. The molecule has 0 saturated heterocycles. The Balaban J connectivity index is 1.13. The van der Waals surface area contributed by atoms with Gasteiger partial charge in [-0.3, -0.25) is 0 Å². The van der Waals surface area contributed by atoms with E-state index >= 15 is 0 Å². The SMILES string of the molecule is C=C(C)[C@@H]1CC[C@]2(NC(=O)NCCCn3ccnc3)CC[C@]3(C)[C@H](CC[C@@H]4[C@@]5(C)CC=C(c6ccc(C(=O)O)cc6)C(C)(C)[C@@H]5CC[C@]43C)[C@@H]12. The largest absolute Gasteiger partial charge is 0.478 e. The normalized spacial score (nSPS) is 38.4. The highest BCUT2D eigenvalue weighted by Gasteiger charge is 2.70. The van der Waals surface area contributed by atoms with Gasteiger partial charge in [0.15, 0.2) is 0 Å². The maximum absolute atomic E-state index is 13.6. The number of aromatic carboxylic acids is 1. The number of carboxylic acids is 1. The summed E-state index contributed by atoms with van der Waals surface area (Å²) in [6, 6.07) is 7.54. The van der Waals surface area contributed by atoms with E-state index in [-0.39, 0.29) is 33.2 Å². The monoisotopic (exact) mass is 680 g/mol. The highest BCUT2D eigenvalue weighted by molar-refractivity contribution is 5.88. The number of aryl methyl sites for hydroxylation is 1. The second-order valence-electron chi connectivity index (χ2n) is 18.3. The molecule has 7 nitrogen and oxygen atoms in total. The molecule has 5 aliphatic carbocycles. The second kappa shape index (κ2) is 12.4. The van der Waals surface area contributed by atoms with Crippen LogP contribution in [0.15, 0.2) is 61.2 Å². The molecule has 7 heteroatoms. The Bertz CT molecular complexity index is 1660. The molecule has 7 rings (SSSR count). The van der Waals surface area contributed by atoms with Crippen LogP contribution in [0.1, 0.15) is 122 Å². The fraction of sp³-hybridized carbons (Fsp3) is 0.651. The van der Waals surface area contributed by atoms with E-state index in [1.54, 1.807) is 18.3 Å². The maximum Gasteiger partial charge on any atom is 0.335 e. The van der Waals surface area contributed by atoms with Crippen molar-refractivity contribution in [2.75, 3.05) is 6.54 Å². The van der Waals surface area contributed by atoms with E-state index in [1.807, 2.05) is 24.7 Å². The van der Waals surface area contributed by atoms with Gasteiger partial charge in [-0.25, -0.2) is 14.6 Å². The molecule has 3 N–H and O–H groups in total. The van der Waals surface area contributed by atoms with Gasteiger partial charge >= 0.3 is 12.0 Å². The molecule has 0 aliphatic heterocycles. The molecule has 1 aromatic heterocycles. The van der Waals surface area contributed by atoms with Gasteiger partial charge in [0.1, 0.15) is 0 Å². The van der Waals surface area contributed by atoms with Crippen LogP contribution in [-0.4, -0.2) is 38.7 Å². The fourth-order valence-corrected chi connectivity index (χ4v) is 13.4. The molecule has 2 amide bonds. The molecule has 1 heterocycles. The van der Waals surface area contributed by atoms with E-state index in [1.165, 1.54) is 36.8 Å². The number of allylic oxidation sites excluding steroid dienone is 3. The zero-order chi connectivity index (χ0) is 35.7. The number of carboxylic acid groups (broad SMARTS) is 1. The minimum atomic E-state index is -0.875. The van der Waals surface area contributed by atoms with Gasteiger partial charge in [0, 0.05) is 31.0 Å². The molecule has 1 aromatic carbocycles. The summed E-state index contributed by atoms with van der Waals surface area (Å²) in [6.07, 6.45) is 19.3. The number of nitrogens with zero attached hydrogens (tertiary/aromatic N) is 2. The Morgan fingerprint density at radius 1 is 0.960 bits per heavy atom. The summed E-state index contributed by atoms with van der Waals surface area (Å²) in [5.41, 5.74) is 4.60. The van der Waals surface area contributed by atoms with Gasteiger partial charge in [-0.2, -0.15) is 0 Å². The average Bonchev–Trinajstić information content (AvgIpc) is 3.72. The number of carbonyl (C=O) groups is 2. The lowest BCUT2D eigenvalue weighted by Crippen LogP contribution is -2.68. The first-order chi connectivity index (χ1) is 23.7. The summed E-state index contributed by atoms with van der Waals surface area (Å²) in [7, 11) is 0. The lowest BCUT2D eigenvalue weighted by atomic mass is 9.33. The molecule has 0 spiro atoms. The van der Waals surface area contributed by atoms with Crippen molar-refractivity contribution < 1.29 is 14.7 Å². The third-order valence-electron chi connectivity index (χ3n) is 15.9. The number of fused-ring (bicyclic) bond motifs is 7. The molecule has 0 bridgehead atoms. The van der Waals surface area contributed by atoms with Gasteiger partial charge in [0.2, 0.25) is 0 Å². The predicted octanol–water partition coefficient (Wildman–Crippen LogP) is 9.37. The highest BCUT2D eigenvalue weighted by atomic mass is 16.4. The van der Waals surface area contributed by atoms with Gasteiger partial charge in [0.25, 0.3) is 0 Å². The Labute approximate surface area is 299 Å². The smallest absolute Gasteiger partial charge is 0.335 e. The van der Waals surface area contributed by atoms with Crippen LogP contribution in [0.25, 0.3) is 5.57 Å². The fourth-order valence-electron chi connectivity index (χ4n) is 13.4. The summed E-state index contributed by atoms with van der Waals surface area (Å²) in [4.78, 5) is 29.2. The highest BCUT2D eigenvalue weighted by Crippen LogP contribution is 2.76. The lowest BCUT2D eigenvalue weighted by Gasteiger charge is -2.72. The molecule has 0 unspecified atom stereocenters. The van der Waals surface area contributed by atoms with Crippen molar-refractivity contribution in [3.05, 3.63) is 72.3 Å². The van der Waals surface area contributed by atoms with Gasteiger partial charge in [-0.05, 0) is 146 Å². The topological polar surface area (TPSA) is 96.3 Å². The van der Waals surface area contributed by atoms with Crippen LogP contribution in [0.3, 0.4) is 0 Å². The third-order valence-corrected chi connectivity index (χ3v) is 15.9. The molecule has 270 valence electrons. The Morgan fingerprint density at radius 2 is 1.72 bits per heavy atom. The standard InChI is InChI=1S/C43H60N4O3/c1-28(2)31-15-20-43(46-38(50)45-23-8-25-47-26-24-44-27-47)22-21-41(6)33(36(31)43)13-14-35-40(5)18-16-32(29-9-11-30(12-10-29)37(48)49)39(3,4)34(40)17-19-42(35,41)7/h9-12,16,24,26-27,31,33-36H,1,8,13-15,17-23,25H2,2-7H3,(H,48,49)(H2,45,46,50)/t31-,33+,34-,35+,36+,40-,41+,42+,43-/m0/s1. The van der Waals surface area contributed by atoms with Crippen molar-refractivity contribution in [1.82, 2.24) is 20.2 Å². The van der Waals surface area contributed by atoms with Crippen LogP contribution in [-0.2, 0) is 6.54 Å². The van der Waals surface area contributed by atoms with Crippen LogP contribution in [0.2, 0.25) is 0 Å². The van der Waals surface area contributed by atoms with Gasteiger partial charge in [0.05, 0.1) is 11.9 Å². The number of carbonyl (C=O) groups excluding carboxylic acids is 1. The molecule has 4 fully saturated rings. The van der Waals surface area contributed by atoms with Crippen LogP contribution < -0.4 is 10.6 Å². The van der Waals surface area contributed by atoms with Crippen molar-refractivity contribution in [2.24, 2.45) is 51.2 Å². The number of urea groups is 1. The molecule has 0 radical (unpaired) electrons. The number of nitrogens with one attached hydrogen (secondary N) is 2. The minimum absolute atomic E-state index is 0.00884. The summed E-state index contributed by atoms with van der Waals surface area (Å²) >= 11 is 0. The predicted molar refractivity (Wildman–Crippen MR) is 199 cm³/mol. The summed E-state index contributed by atoms with van der Waals surface area (Å²) < 4.78 is 2.06. The lowest BCUT2D eigenvalue weighted by molar-refractivity contribution is -0.218. The van der Waals surface area contributed by atoms with E-state index in [0.717, 1.165) is 50.6 Å². The van der Waals surface area contributed by atoms with Crippen LogP contribution >= 0.6 is 0 Å². The maximum atomic E-state index is 13.6.